The first-order valence-electron chi connectivity index (χ1n) is 7.09. The van der Waals surface area contributed by atoms with Gasteiger partial charge in [-0.05, 0) is 26.0 Å². The van der Waals surface area contributed by atoms with Crippen LogP contribution in [0.3, 0.4) is 0 Å². The first kappa shape index (κ1) is 15.4. The lowest BCUT2D eigenvalue weighted by atomic mass is 10.2. The molecule has 1 saturated heterocycles. The van der Waals surface area contributed by atoms with E-state index in [1.54, 1.807) is 16.4 Å². The molecule has 1 aliphatic rings. The minimum Gasteiger partial charge on any atom is -0.344 e. The molecule has 0 radical (unpaired) electrons. The van der Waals surface area contributed by atoms with E-state index in [0.717, 1.165) is 15.7 Å². The number of rotatable bonds is 3. The van der Waals surface area contributed by atoms with E-state index < -0.39 is 10.0 Å². The van der Waals surface area contributed by atoms with Crippen molar-refractivity contribution in [3.05, 3.63) is 34.8 Å². The van der Waals surface area contributed by atoms with Gasteiger partial charge in [0.15, 0.2) is 0 Å². The molecule has 1 aliphatic heterocycles. The fraction of sp³-hybridized carbons (Fsp3) is 0.429. The van der Waals surface area contributed by atoms with Crippen molar-refractivity contribution in [3.8, 4) is 0 Å². The monoisotopic (exact) mass is 338 g/mol. The molecule has 0 spiro atoms. The highest BCUT2D eigenvalue weighted by Crippen LogP contribution is 2.23. The first-order valence-corrected chi connectivity index (χ1v) is 9.34. The largest absolute Gasteiger partial charge is 0.344 e. The summed E-state index contributed by atoms with van der Waals surface area (Å²) < 4.78 is 26.8. The van der Waals surface area contributed by atoms with Crippen LogP contribution in [0.5, 0.6) is 0 Å². The number of aryl methyl sites for hydroxylation is 2. The molecule has 8 heteroatoms. The second kappa shape index (κ2) is 5.94. The Morgan fingerprint density at radius 3 is 2.18 bits per heavy atom. The third-order valence-corrected chi connectivity index (χ3v) is 6.50. The molecule has 0 atom stereocenters. The molecule has 0 aliphatic carbocycles. The van der Waals surface area contributed by atoms with Crippen LogP contribution in [0.4, 0.5) is 5.13 Å². The molecule has 0 bridgehead atoms. The lowest BCUT2D eigenvalue weighted by molar-refractivity contribution is 0.384. The third-order valence-electron chi connectivity index (χ3n) is 3.68. The topological polar surface area (TPSA) is 66.4 Å². The van der Waals surface area contributed by atoms with Gasteiger partial charge in [-0.25, -0.2) is 8.42 Å². The first-order chi connectivity index (χ1) is 10.5. The van der Waals surface area contributed by atoms with E-state index in [9.17, 15) is 8.42 Å². The van der Waals surface area contributed by atoms with Gasteiger partial charge in [0.25, 0.3) is 0 Å². The van der Waals surface area contributed by atoms with Crippen LogP contribution in [0.1, 0.15) is 10.6 Å². The molecule has 1 aromatic carbocycles. The molecule has 1 fully saturated rings. The number of aromatic nitrogens is 2. The Morgan fingerprint density at radius 2 is 1.64 bits per heavy atom. The molecule has 118 valence electrons. The molecule has 0 unspecified atom stereocenters. The van der Waals surface area contributed by atoms with Crippen LogP contribution in [0.15, 0.2) is 29.2 Å². The Labute approximate surface area is 134 Å². The predicted octanol–water partition coefficient (Wildman–Crippen LogP) is 1.67. The maximum atomic E-state index is 12.6. The highest BCUT2D eigenvalue weighted by molar-refractivity contribution is 7.89. The minimum atomic E-state index is -3.41. The summed E-state index contributed by atoms with van der Waals surface area (Å²) in [6.07, 6.45) is 0. The van der Waals surface area contributed by atoms with Crippen molar-refractivity contribution in [1.82, 2.24) is 14.5 Å². The summed E-state index contributed by atoms with van der Waals surface area (Å²) in [6, 6.07) is 7.00. The van der Waals surface area contributed by atoms with Crippen molar-refractivity contribution in [2.24, 2.45) is 0 Å². The lowest BCUT2D eigenvalue weighted by Gasteiger charge is -2.33. The third kappa shape index (κ3) is 2.99. The Bertz CT molecular complexity index is 747. The number of hydrogen-bond donors (Lipinski definition) is 0. The van der Waals surface area contributed by atoms with E-state index in [1.165, 1.54) is 11.3 Å². The van der Waals surface area contributed by atoms with Crippen LogP contribution < -0.4 is 4.90 Å². The predicted molar refractivity (Wildman–Crippen MR) is 86.8 cm³/mol. The van der Waals surface area contributed by atoms with E-state index in [0.29, 0.717) is 31.1 Å². The molecule has 0 amide bonds. The minimum absolute atomic E-state index is 0.360. The van der Waals surface area contributed by atoms with E-state index in [-0.39, 0.29) is 0 Å². The Hall–Kier alpha value is -1.51. The molecule has 0 N–H and O–H groups in total. The average Bonchev–Trinajstić information content (AvgIpc) is 2.94. The number of hydrogen-bond acceptors (Lipinski definition) is 6. The average molecular weight is 338 g/mol. The van der Waals surface area contributed by atoms with Gasteiger partial charge in [-0.15, -0.1) is 10.2 Å². The summed E-state index contributed by atoms with van der Waals surface area (Å²) in [5.41, 5.74) is 1.05. The summed E-state index contributed by atoms with van der Waals surface area (Å²) in [6.45, 7) is 6.07. The molecule has 1 aromatic heterocycles. The number of benzene rings is 1. The second-order valence-corrected chi connectivity index (χ2v) is 8.41. The van der Waals surface area contributed by atoms with Crippen LogP contribution in [0.2, 0.25) is 0 Å². The zero-order valence-corrected chi connectivity index (χ0v) is 14.2. The van der Waals surface area contributed by atoms with Gasteiger partial charge in [-0.1, -0.05) is 29.0 Å². The Balaban J connectivity index is 1.71. The fourth-order valence-corrected chi connectivity index (χ4v) is 4.55. The zero-order valence-electron chi connectivity index (χ0n) is 12.6. The van der Waals surface area contributed by atoms with Gasteiger partial charge >= 0.3 is 0 Å². The molecule has 0 saturated carbocycles. The van der Waals surface area contributed by atoms with Crippen molar-refractivity contribution in [1.29, 1.82) is 0 Å². The van der Waals surface area contributed by atoms with Gasteiger partial charge in [-0.2, -0.15) is 4.31 Å². The molecular formula is C14H18N4O2S2. The van der Waals surface area contributed by atoms with Crippen LogP contribution in [0.25, 0.3) is 0 Å². The van der Waals surface area contributed by atoms with Crippen LogP contribution in [-0.4, -0.2) is 49.1 Å². The van der Waals surface area contributed by atoms with Crippen molar-refractivity contribution in [2.75, 3.05) is 31.1 Å². The molecule has 2 aromatic rings. The normalized spacial score (nSPS) is 16.9. The van der Waals surface area contributed by atoms with E-state index in [1.807, 2.05) is 26.0 Å². The maximum Gasteiger partial charge on any atom is 0.243 e. The summed E-state index contributed by atoms with van der Waals surface area (Å²) in [5.74, 6) is 0. The van der Waals surface area contributed by atoms with Crippen molar-refractivity contribution >= 4 is 26.5 Å². The fourth-order valence-electron chi connectivity index (χ4n) is 2.39. The van der Waals surface area contributed by atoms with E-state index >= 15 is 0 Å². The summed E-state index contributed by atoms with van der Waals surface area (Å²) >= 11 is 1.54. The van der Waals surface area contributed by atoms with Gasteiger partial charge in [0, 0.05) is 26.2 Å². The summed E-state index contributed by atoms with van der Waals surface area (Å²) in [7, 11) is -3.41. The molecule has 3 rings (SSSR count). The SMILES string of the molecule is Cc1ccc(S(=O)(=O)N2CCN(c3nnc(C)s3)CC2)cc1. The van der Waals surface area contributed by atoms with Crippen molar-refractivity contribution < 1.29 is 8.42 Å². The maximum absolute atomic E-state index is 12.6. The number of anilines is 1. The van der Waals surface area contributed by atoms with Crippen molar-refractivity contribution in [2.45, 2.75) is 18.7 Å². The molecule has 22 heavy (non-hydrogen) atoms. The molecular weight excluding hydrogens is 320 g/mol. The standard InChI is InChI=1S/C14H18N4O2S2/c1-11-3-5-13(6-4-11)22(19,20)18-9-7-17(8-10-18)14-16-15-12(2)21-14/h3-6H,7-10H2,1-2H3. The van der Waals surface area contributed by atoms with E-state index in [2.05, 4.69) is 15.1 Å². The van der Waals surface area contributed by atoms with Crippen LogP contribution in [0, 0.1) is 13.8 Å². The molecule has 2 heterocycles. The van der Waals surface area contributed by atoms with Gasteiger partial charge in [0.1, 0.15) is 5.01 Å². The van der Waals surface area contributed by atoms with Gasteiger partial charge in [-0.3, -0.25) is 0 Å². The Morgan fingerprint density at radius 1 is 1.00 bits per heavy atom. The van der Waals surface area contributed by atoms with Gasteiger partial charge < -0.3 is 4.90 Å². The highest BCUT2D eigenvalue weighted by Gasteiger charge is 2.29. The van der Waals surface area contributed by atoms with Crippen LogP contribution >= 0.6 is 11.3 Å². The second-order valence-electron chi connectivity index (χ2n) is 5.31. The van der Waals surface area contributed by atoms with Crippen molar-refractivity contribution in [3.63, 3.8) is 0 Å². The highest BCUT2D eigenvalue weighted by atomic mass is 32.2. The summed E-state index contributed by atoms with van der Waals surface area (Å²) in [4.78, 5) is 2.45. The van der Waals surface area contributed by atoms with Gasteiger partial charge in [0.2, 0.25) is 15.2 Å². The number of nitrogens with zero attached hydrogens (tertiary/aromatic N) is 4. The number of piperazine rings is 1. The van der Waals surface area contributed by atoms with E-state index in [4.69, 9.17) is 0 Å². The zero-order chi connectivity index (χ0) is 15.7. The van der Waals surface area contributed by atoms with Gasteiger partial charge in [0.05, 0.1) is 4.90 Å². The van der Waals surface area contributed by atoms with Crippen LogP contribution in [-0.2, 0) is 10.0 Å². The smallest absolute Gasteiger partial charge is 0.243 e. The number of sulfonamides is 1. The quantitative estimate of drug-likeness (QED) is 0.852. The Kier molecular flexibility index (Phi) is 4.16. The summed E-state index contributed by atoms with van der Waals surface area (Å²) in [5, 5.41) is 9.92. The molecule has 6 nitrogen and oxygen atoms in total. The lowest BCUT2D eigenvalue weighted by Crippen LogP contribution is -2.48.